The molecule has 2 aliphatic heterocycles. The SMILES string of the molecule is O=C(N=c1c2c3c(sc2nc2n1CCCCC2)CCCC3)c1ccc(Cl)c(S(=O)(=O)N2CCOCC2)c1. The number of sulfonamides is 1. The molecule has 0 atom stereocenters. The standard InChI is InChI=1S/C26H29ClN4O4S2/c27-19-10-9-17(16-21(19)37(33,34)30-12-14-35-15-13-30)25(32)29-24-23-18-6-3-4-7-20(18)36-26(23)28-22-8-2-1-5-11-31(22)24/h9-10,16H,1-8,11-15H2. The van der Waals surface area contributed by atoms with Crippen molar-refractivity contribution in [1.82, 2.24) is 13.9 Å². The fourth-order valence-electron chi connectivity index (χ4n) is 5.49. The highest BCUT2D eigenvalue weighted by Gasteiger charge is 2.29. The highest BCUT2D eigenvalue weighted by Crippen LogP contribution is 2.34. The van der Waals surface area contributed by atoms with Gasteiger partial charge in [-0.1, -0.05) is 18.0 Å². The number of amides is 1. The summed E-state index contributed by atoms with van der Waals surface area (Å²) in [4.78, 5) is 25.6. The van der Waals surface area contributed by atoms with Crippen molar-refractivity contribution in [2.24, 2.45) is 4.99 Å². The van der Waals surface area contributed by atoms with E-state index in [4.69, 9.17) is 21.3 Å². The van der Waals surface area contributed by atoms with E-state index in [9.17, 15) is 13.2 Å². The third-order valence-corrected chi connectivity index (χ3v) is 11.0. The lowest BCUT2D eigenvalue weighted by Crippen LogP contribution is -2.40. The van der Waals surface area contributed by atoms with E-state index in [0.29, 0.717) is 18.7 Å². The topological polar surface area (TPSA) is 93.9 Å². The molecule has 3 aromatic rings. The molecule has 1 aliphatic carbocycles. The first-order valence-corrected chi connectivity index (χ1v) is 15.6. The number of carbonyl (C=O) groups excluding carboxylic acids is 1. The fraction of sp³-hybridized carbons (Fsp3) is 0.500. The van der Waals surface area contributed by atoms with Crippen LogP contribution in [-0.4, -0.2) is 54.5 Å². The van der Waals surface area contributed by atoms with E-state index < -0.39 is 15.9 Å². The first kappa shape index (κ1) is 25.2. The van der Waals surface area contributed by atoms with Crippen LogP contribution in [0.25, 0.3) is 10.2 Å². The van der Waals surface area contributed by atoms with E-state index in [1.807, 2.05) is 0 Å². The molecule has 2 aromatic heterocycles. The molecule has 6 rings (SSSR count). The molecule has 1 aromatic carbocycles. The van der Waals surface area contributed by atoms with E-state index in [1.54, 1.807) is 17.4 Å². The van der Waals surface area contributed by atoms with Crippen LogP contribution in [-0.2, 0) is 40.6 Å². The summed E-state index contributed by atoms with van der Waals surface area (Å²) in [5.41, 5.74) is 2.14. The zero-order valence-corrected chi connectivity index (χ0v) is 22.9. The molecular weight excluding hydrogens is 532 g/mol. The number of morpholine rings is 1. The molecule has 1 amide bonds. The maximum atomic E-state index is 13.6. The summed E-state index contributed by atoms with van der Waals surface area (Å²) in [6, 6.07) is 4.39. The smallest absolute Gasteiger partial charge is 0.279 e. The summed E-state index contributed by atoms with van der Waals surface area (Å²) < 4.78 is 35.4. The molecule has 3 aliphatic rings. The monoisotopic (exact) mass is 560 g/mol. The number of rotatable bonds is 3. The summed E-state index contributed by atoms with van der Waals surface area (Å²) in [6.45, 7) is 1.93. The van der Waals surface area contributed by atoms with Crippen molar-refractivity contribution in [2.45, 2.75) is 62.8 Å². The molecule has 0 bridgehead atoms. The van der Waals surface area contributed by atoms with Crippen LogP contribution in [0.15, 0.2) is 28.1 Å². The molecule has 0 saturated carbocycles. The van der Waals surface area contributed by atoms with Gasteiger partial charge in [0.25, 0.3) is 5.91 Å². The number of halogens is 1. The highest BCUT2D eigenvalue weighted by molar-refractivity contribution is 7.89. The first-order chi connectivity index (χ1) is 17.9. The van der Waals surface area contributed by atoms with Crippen molar-refractivity contribution in [2.75, 3.05) is 26.3 Å². The number of hydrogen-bond acceptors (Lipinski definition) is 6. The Balaban J connectivity index is 1.49. The van der Waals surface area contributed by atoms with Crippen LogP contribution < -0.4 is 5.49 Å². The van der Waals surface area contributed by atoms with Crippen molar-refractivity contribution >= 4 is 49.1 Å². The van der Waals surface area contributed by atoms with Gasteiger partial charge in [0, 0.05) is 36.5 Å². The predicted molar refractivity (Wildman–Crippen MR) is 143 cm³/mol. The molecule has 196 valence electrons. The Morgan fingerprint density at radius 1 is 1.03 bits per heavy atom. The summed E-state index contributed by atoms with van der Waals surface area (Å²) >= 11 is 8.06. The minimum atomic E-state index is -3.86. The Bertz CT molecular complexity index is 1550. The molecular formula is C26H29ClN4O4S2. The highest BCUT2D eigenvalue weighted by atomic mass is 35.5. The molecule has 0 spiro atoms. The van der Waals surface area contributed by atoms with Gasteiger partial charge in [-0.15, -0.1) is 11.3 Å². The number of ether oxygens (including phenoxy) is 1. The van der Waals surface area contributed by atoms with Gasteiger partial charge in [0.15, 0.2) is 0 Å². The second-order valence-electron chi connectivity index (χ2n) is 9.78. The minimum Gasteiger partial charge on any atom is -0.379 e. The van der Waals surface area contributed by atoms with Gasteiger partial charge in [-0.3, -0.25) is 4.79 Å². The number of carbonyl (C=O) groups is 1. The van der Waals surface area contributed by atoms with Crippen molar-refractivity contribution in [1.29, 1.82) is 0 Å². The summed E-state index contributed by atoms with van der Waals surface area (Å²) in [7, 11) is -3.86. The minimum absolute atomic E-state index is 0.0728. The number of hydrogen-bond donors (Lipinski definition) is 0. The first-order valence-electron chi connectivity index (χ1n) is 12.9. The second kappa shape index (κ2) is 10.2. The molecule has 0 radical (unpaired) electrons. The Labute approximate surface area is 225 Å². The number of fused-ring (bicyclic) bond motifs is 4. The maximum absolute atomic E-state index is 13.6. The molecule has 0 N–H and O–H groups in total. The molecule has 37 heavy (non-hydrogen) atoms. The number of aromatic nitrogens is 2. The van der Waals surface area contributed by atoms with Gasteiger partial charge in [-0.2, -0.15) is 9.30 Å². The van der Waals surface area contributed by atoms with E-state index in [1.165, 1.54) is 33.3 Å². The van der Waals surface area contributed by atoms with Gasteiger partial charge in [-0.25, -0.2) is 13.4 Å². The molecule has 1 fully saturated rings. The van der Waals surface area contributed by atoms with Gasteiger partial charge >= 0.3 is 0 Å². The molecule has 8 nitrogen and oxygen atoms in total. The number of thiophene rings is 1. The van der Waals surface area contributed by atoms with Crippen LogP contribution in [0.4, 0.5) is 0 Å². The molecule has 1 saturated heterocycles. The van der Waals surface area contributed by atoms with Crippen molar-refractivity contribution < 1.29 is 17.9 Å². The second-order valence-corrected chi connectivity index (χ2v) is 13.2. The van der Waals surface area contributed by atoms with Gasteiger partial charge in [0.2, 0.25) is 10.0 Å². The third kappa shape index (κ3) is 4.67. The lowest BCUT2D eigenvalue weighted by Gasteiger charge is -2.26. The van der Waals surface area contributed by atoms with Crippen LogP contribution in [0, 0.1) is 0 Å². The zero-order chi connectivity index (χ0) is 25.6. The summed E-state index contributed by atoms with van der Waals surface area (Å²) in [5, 5.41) is 1.08. The van der Waals surface area contributed by atoms with Crippen LogP contribution in [0.5, 0.6) is 0 Å². The predicted octanol–water partition coefficient (Wildman–Crippen LogP) is 4.12. The summed E-state index contributed by atoms with van der Waals surface area (Å²) in [6.07, 6.45) is 8.35. The average Bonchev–Trinajstić information content (AvgIpc) is 3.11. The van der Waals surface area contributed by atoms with Crippen LogP contribution in [0.2, 0.25) is 5.02 Å². The van der Waals surface area contributed by atoms with Crippen LogP contribution >= 0.6 is 22.9 Å². The summed E-state index contributed by atoms with van der Waals surface area (Å²) in [5.74, 6) is 0.499. The third-order valence-electron chi connectivity index (χ3n) is 7.43. The Hall–Kier alpha value is -2.11. The molecule has 4 heterocycles. The van der Waals surface area contributed by atoms with Gasteiger partial charge in [0.05, 0.1) is 23.6 Å². The number of nitrogens with zero attached hydrogens (tertiary/aromatic N) is 4. The molecule has 0 unspecified atom stereocenters. The lowest BCUT2D eigenvalue weighted by molar-refractivity contribution is 0.0730. The Kier molecular flexibility index (Phi) is 6.96. The zero-order valence-electron chi connectivity index (χ0n) is 20.5. The van der Waals surface area contributed by atoms with Gasteiger partial charge in [0.1, 0.15) is 21.0 Å². The van der Waals surface area contributed by atoms with Crippen molar-refractivity contribution in [3.05, 3.63) is 50.5 Å². The quantitative estimate of drug-likeness (QED) is 0.480. The van der Waals surface area contributed by atoms with E-state index >= 15 is 0 Å². The van der Waals surface area contributed by atoms with E-state index in [-0.39, 0.29) is 28.6 Å². The average molecular weight is 561 g/mol. The number of aryl methyl sites for hydroxylation is 3. The Morgan fingerprint density at radius 2 is 1.81 bits per heavy atom. The van der Waals surface area contributed by atoms with Gasteiger partial charge in [-0.05, 0) is 62.3 Å². The largest absolute Gasteiger partial charge is 0.379 e. The maximum Gasteiger partial charge on any atom is 0.279 e. The van der Waals surface area contributed by atoms with Crippen LogP contribution in [0.3, 0.4) is 0 Å². The van der Waals surface area contributed by atoms with Crippen molar-refractivity contribution in [3.63, 3.8) is 0 Å². The molecule has 11 heteroatoms. The van der Waals surface area contributed by atoms with Gasteiger partial charge < -0.3 is 9.30 Å². The van der Waals surface area contributed by atoms with Crippen molar-refractivity contribution in [3.8, 4) is 0 Å². The van der Waals surface area contributed by atoms with E-state index in [0.717, 1.165) is 67.5 Å². The normalized spacial score (nSPS) is 19.4. The Morgan fingerprint density at radius 3 is 2.65 bits per heavy atom. The fourth-order valence-corrected chi connectivity index (χ4v) is 8.67. The van der Waals surface area contributed by atoms with Crippen LogP contribution in [0.1, 0.15) is 58.7 Å². The number of benzene rings is 1. The van der Waals surface area contributed by atoms with E-state index in [2.05, 4.69) is 9.56 Å². The lowest BCUT2D eigenvalue weighted by atomic mass is 9.97.